The van der Waals surface area contributed by atoms with Crippen LogP contribution in [0.5, 0.6) is 6.01 Å². The monoisotopic (exact) mass is 467 g/mol. The third-order valence-corrected chi connectivity index (χ3v) is 7.56. The van der Waals surface area contributed by atoms with E-state index in [4.69, 9.17) is 9.47 Å². The first-order valence-electron chi connectivity index (χ1n) is 11.3. The SMILES string of the molecule is C[C@H](c1cnc(Nc2ncc(-c3ccnc(OC4CCC5(CC4)COC5)n3)s2)nc1)N(C)C. The van der Waals surface area contributed by atoms with Gasteiger partial charge in [-0.25, -0.2) is 19.9 Å². The Morgan fingerprint density at radius 3 is 2.55 bits per heavy atom. The Bertz CT molecular complexity index is 1070. The van der Waals surface area contributed by atoms with Gasteiger partial charge in [0.2, 0.25) is 5.95 Å². The van der Waals surface area contributed by atoms with E-state index in [1.54, 1.807) is 12.4 Å². The number of thiazole rings is 1. The van der Waals surface area contributed by atoms with E-state index in [0.29, 0.717) is 22.5 Å². The van der Waals surface area contributed by atoms with Gasteiger partial charge in [0, 0.05) is 41.8 Å². The van der Waals surface area contributed by atoms with Crippen LogP contribution in [0.1, 0.15) is 44.2 Å². The molecule has 1 saturated heterocycles. The van der Waals surface area contributed by atoms with Crippen molar-refractivity contribution in [3.8, 4) is 16.6 Å². The van der Waals surface area contributed by atoms with Crippen molar-refractivity contribution in [3.63, 3.8) is 0 Å². The van der Waals surface area contributed by atoms with Gasteiger partial charge in [0.05, 0.1) is 23.8 Å². The first kappa shape index (κ1) is 22.1. The summed E-state index contributed by atoms with van der Waals surface area (Å²) in [6.45, 7) is 3.92. The Morgan fingerprint density at radius 2 is 1.88 bits per heavy atom. The van der Waals surface area contributed by atoms with Gasteiger partial charge in [0.1, 0.15) is 6.10 Å². The minimum atomic E-state index is 0.167. The molecular formula is C23H29N7O2S. The second kappa shape index (κ2) is 9.28. The van der Waals surface area contributed by atoms with Crippen LogP contribution in [0, 0.1) is 5.41 Å². The van der Waals surface area contributed by atoms with E-state index in [1.165, 1.54) is 11.3 Å². The van der Waals surface area contributed by atoms with Crippen molar-refractivity contribution in [2.45, 2.75) is 44.8 Å². The van der Waals surface area contributed by atoms with Gasteiger partial charge in [-0.2, -0.15) is 4.98 Å². The third-order valence-electron chi connectivity index (χ3n) is 6.62. The third kappa shape index (κ3) is 4.97. The van der Waals surface area contributed by atoms with Crippen LogP contribution in [-0.2, 0) is 4.74 Å². The second-order valence-corrected chi connectivity index (χ2v) is 10.2. The highest BCUT2D eigenvalue weighted by Gasteiger charge is 2.42. The van der Waals surface area contributed by atoms with Crippen LogP contribution in [0.4, 0.5) is 11.1 Å². The first-order valence-corrected chi connectivity index (χ1v) is 12.1. The predicted molar refractivity (Wildman–Crippen MR) is 127 cm³/mol. The number of hydrogen-bond donors (Lipinski definition) is 1. The van der Waals surface area contributed by atoms with Crippen molar-refractivity contribution in [1.82, 2.24) is 29.8 Å². The van der Waals surface area contributed by atoms with Crippen molar-refractivity contribution in [3.05, 3.63) is 36.4 Å². The van der Waals surface area contributed by atoms with Crippen molar-refractivity contribution in [2.24, 2.45) is 5.41 Å². The van der Waals surface area contributed by atoms with E-state index in [0.717, 1.165) is 55.0 Å². The summed E-state index contributed by atoms with van der Waals surface area (Å²) in [6.07, 6.45) is 11.7. The minimum absolute atomic E-state index is 0.167. The highest BCUT2D eigenvalue weighted by Crippen LogP contribution is 2.43. The molecule has 9 nitrogen and oxygen atoms in total. The molecule has 3 aromatic rings. The van der Waals surface area contributed by atoms with E-state index in [-0.39, 0.29) is 12.1 Å². The topological polar surface area (TPSA) is 98.2 Å². The maximum Gasteiger partial charge on any atom is 0.317 e. The molecule has 1 aliphatic heterocycles. The number of rotatable bonds is 7. The number of aromatic nitrogens is 5. The molecule has 0 unspecified atom stereocenters. The average molecular weight is 468 g/mol. The van der Waals surface area contributed by atoms with Gasteiger partial charge in [0.25, 0.3) is 0 Å². The summed E-state index contributed by atoms with van der Waals surface area (Å²) in [4.78, 5) is 25.3. The molecule has 1 aliphatic carbocycles. The maximum atomic E-state index is 6.11. The highest BCUT2D eigenvalue weighted by atomic mass is 32.1. The molecule has 33 heavy (non-hydrogen) atoms. The number of nitrogens with one attached hydrogen (secondary N) is 1. The number of ether oxygens (including phenoxy) is 2. The predicted octanol–water partition coefficient (Wildman–Crippen LogP) is 4.09. The Labute approximate surface area is 197 Å². The molecule has 2 fully saturated rings. The molecule has 1 spiro atoms. The molecule has 1 N–H and O–H groups in total. The second-order valence-electron chi connectivity index (χ2n) is 9.17. The van der Waals surface area contributed by atoms with Gasteiger partial charge in [-0.05, 0) is 52.8 Å². The van der Waals surface area contributed by atoms with Crippen molar-refractivity contribution < 1.29 is 9.47 Å². The van der Waals surface area contributed by atoms with Crippen LogP contribution in [-0.4, -0.2) is 63.2 Å². The Balaban J connectivity index is 1.21. The normalized spacial score (nSPS) is 18.8. The lowest BCUT2D eigenvalue weighted by Gasteiger charge is -2.45. The summed E-state index contributed by atoms with van der Waals surface area (Å²) in [7, 11) is 4.07. The number of anilines is 2. The van der Waals surface area contributed by atoms with Gasteiger partial charge in [-0.15, -0.1) is 0 Å². The van der Waals surface area contributed by atoms with E-state index in [1.807, 2.05) is 32.6 Å². The molecule has 10 heteroatoms. The summed E-state index contributed by atoms with van der Waals surface area (Å²) < 4.78 is 11.5. The lowest BCUT2D eigenvalue weighted by atomic mass is 9.72. The molecular weight excluding hydrogens is 438 g/mol. The standard InChI is InChI=1S/C23H29N7O2S/c1-15(30(2)3)16-10-25-20(26-11-16)29-22-27-12-19(33-22)18-6-9-24-21(28-18)32-17-4-7-23(8-5-17)13-31-14-23/h6,9-12,15,17H,4-5,7-8,13-14H2,1-3H3,(H,25,26,27,29)/t15-/m1/s1. The summed E-state index contributed by atoms with van der Waals surface area (Å²) in [6, 6.07) is 2.55. The van der Waals surface area contributed by atoms with Crippen LogP contribution in [0.2, 0.25) is 0 Å². The van der Waals surface area contributed by atoms with E-state index >= 15 is 0 Å². The zero-order chi connectivity index (χ0) is 22.8. The van der Waals surface area contributed by atoms with Gasteiger partial charge < -0.3 is 19.7 Å². The summed E-state index contributed by atoms with van der Waals surface area (Å²) in [5.74, 6) is 0.518. The van der Waals surface area contributed by atoms with Crippen LogP contribution >= 0.6 is 11.3 Å². The largest absolute Gasteiger partial charge is 0.460 e. The van der Waals surface area contributed by atoms with Gasteiger partial charge >= 0.3 is 6.01 Å². The fraction of sp³-hybridized carbons (Fsp3) is 0.522. The van der Waals surface area contributed by atoms with Crippen LogP contribution in [0.25, 0.3) is 10.6 Å². The average Bonchev–Trinajstić information content (AvgIpc) is 3.27. The van der Waals surface area contributed by atoms with Gasteiger partial charge in [-0.3, -0.25) is 0 Å². The molecule has 0 amide bonds. The van der Waals surface area contributed by atoms with E-state index < -0.39 is 0 Å². The molecule has 1 saturated carbocycles. The fourth-order valence-electron chi connectivity index (χ4n) is 4.15. The van der Waals surface area contributed by atoms with E-state index in [2.05, 4.69) is 42.1 Å². The summed E-state index contributed by atoms with van der Waals surface area (Å²) in [5.41, 5.74) is 2.26. The molecule has 4 heterocycles. The number of nitrogens with zero attached hydrogens (tertiary/aromatic N) is 6. The van der Waals surface area contributed by atoms with Crippen molar-refractivity contribution in [1.29, 1.82) is 0 Å². The maximum absolute atomic E-state index is 6.11. The fourth-order valence-corrected chi connectivity index (χ4v) is 4.93. The molecule has 0 bridgehead atoms. The minimum Gasteiger partial charge on any atom is -0.460 e. The Morgan fingerprint density at radius 1 is 1.12 bits per heavy atom. The summed E-state index contributed by atoms with van der Waals surface area (Å²) in [5, 5.41) is 3.88. The zero-order valence-corrected chi connectivity index (χ0v) is 20.0. The summed E-state index contributed by atoms with van der Waals surface area (Å²) >= 11 is 1.49. The van der Waals surface area contributed by atoms with Gasteiger partial charge in [0.15, 0.2) is 5.13 Å². The van der Waals surface area contributed by atoms with Crippen molar-refractivity contribution in [2.75, 3.05) is 32.6 Å². The zero-order valence-electron chi connectivity index (χ0n) is 19.2. The van der Waals surface area contributed by atoms with Crippen LogP contribution in [0.3, 0.4) is 0 Å². The molecule has 174 valence electrons. The smallest absolute Gasteiger partial charge is 0.317 e. The Kier molecular flexibility index (Phi) is 6.22. The molecule has 0 aromatic carbocycles. The molecule has 5 rings (SSSR count). The van der Waals surface area contributed by atoms with Crippen molar-refractivity contribution >= 4 is 22.4 Å². The van der Waals surface area contributed by atoms with E-state index in [9.17, 15) is 0 Å². The lowest BCUT2D eigenvalue weighted by molar-refractivity contribution is -0.140. The molecule has 3 aromatic heterocycles. The molecule has 2 aliphatic rings. The molecule has 1 atom stereocenters. The van der Waals surface area contributed by atoms with Gasteiger partial charge in [-0.1, -0.05) is 11.3 Å². The highest BCUT2D eigenvalue weighted by molar-refractivity contribution is 7.18. The van der Waals surface area contributed by atoms with Crippen LogP contribution < -0.4 is 10.1 Å². The quantitative estimate of drug-likeness (QED) is 0.551. The van der Waals surface area contributed by atoms with Crippen LogP contribution in [0.15, 0.2) is 30.9 Å². The first-order chi connectivity index (χ1) is 16.0. The molecule has 0 radical (unpaired) electrons. The Hall–Kier alpha value is -2.69. The lowest BCUT2D eigenvalue weighted by Crippen LogP contribution is -2.46. The number of hydrogen-bond acceptors (Lipinski definition) is 10.